The van der Waals surface area contributed by atoms with E-state index in [0.717, 1.165) is 29.3 Å². The average Bonchev–Trinajstić information content (AvgIpc) is 3.07. The summed E-state index contributed by atoms with van der Waals surface area (Å²) in [6.07, 6.45) is 5.43. The van der Waals surface area contributed by atoms with Gasteiger partial charge in [0.25, 0.3) is 0 Å². The first-order valence-electron chi connectivity index (χ1n) is 8.33. The number of benzene rings is 2. The van der Waals surface area contributed by atoms with Crippen molar-refractivity contribution >= 4 is 33.8 Å². The third kappa shape index (κ3) is 4.45. The molecule has 0 N–H and O–H groups in total. The van der Waals surface area contributed by atoms with Crippen LogP contribution in [0.2, 0.25) is 0 Å². The third-order valence-corrected chi connectivity index (χ3v) is 4.80. The molecule has 3 nitrogen and oxygen atoms in total. The molecular weight excluding hydrogens is 380 g/mol. The molecule has 2 aromatic rings. The lowest BCUT2D eigenvalue weighted by molar-refractivity contribution is -0.140. The molecule has 0 radical (unpaired) electrons. The summed E-state index contributed by atoms with van der Waals surface area (Å²) in [5, 5.41) is 0. The second kappa shape index (κ2) is 7.79. The van der Waals surface area contributed by atoms with Crippen molar-refractivity contribution in [3.05, 3.63) is 75.3 Å². The van der Waals surface area contributed by atoms with E-state index < -0.39 is 12.1 Å². The number of hydrogen-bond acceptors (Lipinski definition) is 3. The molecule has 0 saturated heterocycles. The minimum absolute atomic E-state index is 0.168. The predicted molar refractivity (Wildman–Crippen MR) is 102 cm³/mol. The summed E-state index contributed by atoms with van der Waals surface area (Å²) in [4.78, 5) is 24.5. The van der Waals surface area contributed by atoms with Crippen LogP contribution in [0.1, 0.15) is 40.4 Å². The summed E-state index contributed by atoms with van der Waals surface area (Å²) in [6.45, 7) is 1.61. The molecule has 25 heavy (non-hydrogen) atoms. The van der Waals surface area contributed by atoms with Crippen LogP contribution in [0.4, 0.5) is 0 Å². The van der Waals surface area contributed by atoms with Gasteiger partial charge in [-0.25, -0.2) is 4.79 Å². The van der Waals surface area contributed by atoms with Crippen LogP contribution < -0.4 is 0 Å². The summed E-state index contributed by atoms with van der Waals surface area (Å²) in [5.41, 5.74) is 4.04. The highest BCUT2D eigenvalue weighted by Crippen LogP contribution is 2.23. The van der Waals surface area contributed by atoms with Gasteiger partial charge in [-0.2, -0.15) is 0 Å². The fourth-order valence-electron chi connectivity index (χ4n) is 3.00. The van der Waals surface area contributed by atoms with E-state index >= 15 is 0 Å². The first kappa shape index (κ1) is 17.6. The highest BCUT2D eigenvalue weighted by molar-refractivity contribution is 9.10. The molecular formula is C21H19BrO3. The molecule has 0 saturated carbocycles. The lowest BCUT2D eigenvalue weighted by Gasteiger charge is -2.12. The number of rotatable bonds is 5. The van der Waals surface area contributed by atoms with Gasteiger partial charge >= 0.3 is 5.97 Å². The van der Waals surface area contributed by atoms with Gasteiger partial charge in [0.1, 0.15) is 0 Å². The Bertz CT molecular complexity index is 839. The van der Waals surface area contributed by atoms with E-state index in [1.54, 1.807) is 13.0 Å². The van der Waals surface area contributed by atoms with Crippen LogP contribution in [-0.2, 0) is 22.4 Å². The van der Waals surface area contributed by atoms with Gasteiger partial charge in [-0.3, -0.25) is 4.79 Å². The van der Waals surface area contributed by atoms with Crippen molar-refractivity contribution < 1.29 is 14.3 Å². The van der Waals surface area contributed by atoms with E-state index in [9.17, 15) is 9.59 Å². The number of fused-ring (bicyclic) bond motifs is 1. The molecule has 0 amide bonds. The molecule has 0 bridgehead atoms. The van der Waals surface area contributed by atoms with Gasteiger partial charge in [-0.1, -0.05) is 40.2 Å². The number of carbonyl (C=O) groups is 2. The first-order chi connectivity index (χ1) is 12.0. The van der Waals surface area contributed by atoms with E-state index in [4.69, 9.17) is 4.74 Å². The Balaban J connectivity index is 1.62. The largest absolute Gasteiger partial charge is 0.451 e. The normalized spacial score (nSPS) is 14.3. The highest BCUT2D eigenvalue weighted by Gasteiger charge is 2.20. The minimum Gasteiger partial charge on any atom is -0.451 e. The summed E-state index contributed by atoms with van der Waals surface area (Å²) < 4.78 is 6.18. The van der Waals surface area contributed by atoms with E-state index in [2.05, 4.69) is 15.9 Å². The van der Waals surface area contributed by atoms with Gasteiger partial charge < -0.3 is 4.74 Å². The monoisotopic (exact) mass is 398 g/mol. The number of hydrogen-bond donors (Lipinski definition) is 0. The highest BCUT2D eigenvalue weighted by atomic mass is 79.9. The van der Waals surface area contributed by atoms with Gasteiger partial charge in [0.15, 0.2) is 6.10 Å². The van der Waals surface area contributed by atoms with E-state index in [1.165, 1.54) is 17.2 Å². The summed E-state index contributed by atoms with van der Waals surface area (Å²) in [5.74, 6) is -0.694. The fourth-order valence-corrected chi connectivity index (χ4v) is 3.42. The van der Waals surface area contributed by atoms with Crippen LogP contribution >= 0.6 is 15.9 Å². The molecule has 2 aromatic carbocycles. The van der Waals surface area contributed by atoms with Crippen molar-refractivity contribution in [3.63, 3.8) is 0 Å². The third-order valence-electron chi connectivity index (χ3n) is 4.31. The quantitative estimate of drug-likeness (QED) is 0.414. The lowest BCUT2D eigenvalue weighted by atomic mass is 10.0. The molecule has 128 valence electrons. The molecule has 1 aliphatic carbocycles. The summed E-state index contributed by atoms with van der Waals surface area (Å²) >= 11 is 3.38. The van der Waals surface area contributed by atoms with Crippen molar-refractivity contribution in [2.45, 2.75) is 32.3 Å². The molecule has 1 aliphatic rings. The summed E-state index contributed by atoms with van der Waals surface area (Å²) in [7, 11) is 0. The Labute approximate surface area is 155 Å². The van der Waals surface area contributed by atoms with Crippen LogP contribution in [0, 0.1) is 0 Å². The number of ether oxygens (including phenoxy) is 1. The molecule has 3 rings (SSSR count). The molecule has 0 heterocycles. The Morgan fingerprint density at radius 1 is 1.12 bits per heavy atom. The van der Waals surface area contributed by atoms with Crippen molar-refractivity contribution in [1.82, 2.24) is 0 Å². The van der Waals surface area contributed by atoms with Gasteiger partial charge in [0.2, 0.25) is 5.78 Å². The Kier molecular flexibility index (Phi) is 5.49. The number of ketones is 1. The van der Waals surface area contributed by atoms with Crippen LogP contribution in [0.15, 0.2) is 53.0 Å². The van der Waals surface area contributed by atoms with E-state index in [1.807, 2.05) is 42.5 Å². The maximum atomic E-state index is 12.5. The zero-order valence-electron chi connectivity index (χ0n) is 14.0. The topological polar surface area (TPSA) is 43.4 Å². The van der Waals surface area contributed by atoms with Gasteiger partial charge in [-0.05, 0) is 67.2 Å². The van der Waals surface area contributed by atoms with Gasteiger partial charge in [0.05, 0.1) is 0 Å². The van der Waals surface area contributed by atoms with Crippen molar-refractivity contribution in [3.8, 4) is 0 Å². The van der Waals surface area contributed by atoms with Gasteiger partial charge in [-0.15, -0.1) is 0 Å². The SMILES string of the molecule is C[C@H](OC(=O)/C=C/c1cccc(Br)c1)C(=O)c1ccc2c(c1)CCC2. The van der Waals surface area contributed by atoms with Crippen LogP contribution in [0.3, 0.4) is 0 Å². The number of esters is 1. The molecule has 4 heteroatoms. The molecule has 0 aromatic heterocycles. The Hall–Kier alpha value is -2.20. The second-order valence-corrected chi connectivity index (χ2v) is 7.08. The number of halogens is 1. The molecule has 0 aliphatic heterocycles. The maximum absolute atomic E-state index is 12.5. The second-order valence-electron chi connectivity index (χ2n) is 6.17. The fraction of sp³-hybridized carbons (Fsp3) is 0.238. The molecule has 0 spiro atoms. The average molecular weight is 399 g/mol. The van der Waals surface area contributed by atoms with Crippen LogP contribution in [0.25, 0.3) is 6.08 Å². The molecule has 1 atom stereocenters. The number of aryl methyl sites for hydroxylation is 2. The molecule has 0 unspecified atom stereocenters. The van der Waals surface area contributed by atoms with Crippen molar-refractivity contribution in [2.75, 3.05) is 0 Å². The van der Waals surface area contributed by atoms with Crippen LogP contribution in [0.5, 0.6) is 0 Å². The zero-order chi connectivity index (χ0) is 17.8. The van der Waals surface area contributed by atoms with Crippen molar-refractivity contribution in [1.29, 1.82) is 0 Å². The molecule has 0 fully saturated rings. The Morgan fingerprint density at radius 2 is 1.92 bits per heavy atom. The standard InChI is InChI=1S/C21H19BrO3/c1-14(21(24)18-10-9-16-5-3-6-17(16)13-18)25-20(23)11-8-15-4-2-7-19(22)12-15/h2,4,7-14H,3,5-6H2,1H3/b11-8+/t14-/m0/s1. The number of Topliss-reactive ketones (excluding diaryl/α,β-unsaturated/α-hetero) is 1. The van der Waals surface area contributed by atoms with E-state index in [0.29, 0.717) is 5.56 Å². The lowest BCUT2D eigenvalue weighted by Crippen LogP contribution is -2.23. The maximum Gasteiger partial charge on any atom is 0.331 e. The number of carbonyl (C=O) groups excluding carboxylic acids is 2. The van der Waals surface area contributed by atoms with Crippen molar-refractivity contribution in [2.24, 2.45) is 0 Å². The first-order valence-corrected chi connectivity index (χ1v) is 9.12. The summed E-state index contributed by atoms with van der Waals surface area (Å²) in [6, 6.07) is 13.3. The zero-order valence-corrected chi connectivity index (χ0v) is 15.6. The Morgan fingerprint density at radius 3 is 2.72 bits per heavy atom. The van der Waals surface area contributed by atoms with E-state index in [-0.39, 0.29) is 5.78 Å². The smallest absolute Gasteiger partial charge is 0.331 e. The minimum atomic E-state index is -0.806. The van der Waals surface area contributed by atoms with Crippen LogP contribution in [-0.4, -0.2) is 17.9 Å². The van der Waals surface area contributed by atoms with Gasteiger partial charge in [0, 0.05) is 16.1 Å². The predicted octanol–water partition coefficient (Wildman–Crippen LogP) is 4.77.